The standard InChI is InChI=1S/C15H20N2O3/c1-10-4-3-5-12(8-10)18-9-14-16-17-15(20-14)13-7-6-11(2)19-13/h6-7,10,12H,3-5,8-9H2,1-2H3/t10-,12+/m1/s1. The van der Waals surface area contributed by atoms with Crippen LogP contribution in [0.25, 0.3) is 11.7 Å². The van der Waals surface area contributed by atoms with Crippen molar-refractivity contribution < 1.29 is 13.6 Å². The van der Waals surface area contributed by atoms with Crippen molar-refractivity contribution in [2.24, 2.45) is 5.92 Å². The van der Waals surface area contributed by atoms with E-state index in [1.807, 2.05) is 19.1 Å². The van der Waals surface area contributed by atoms with E-state index in [1.165, 1.54) is 12.8 Å². The molecule has 3 rings (SSSR count). The lowest BCUT2D eigenvalue weighted by Crippen LogP contribution is -2.21. The molecule has 0 aromatic carbocycles. The van der Waals surface area contributed by atoms with Gasteiger partial charge >= 0.3 is 0 Å². The van der Waals surface area contributed by atoms with Crippen molar-refractivity contribution in [1.82, 2.24) is 10.2 Å². The second kappa shape index (κ2) is 5.79. The average molecular weight is 276 g/mol. The summed E-state index contributed by atoms with van der Waals surface area (Å²) in [6.45, 7) is 4.54. The van der Waals surface area contributed by atoms with Gasteiger partial charge in [0.15, 0.2) is 5.76 Å². The van der Waals surface area contributed by atoms with Crippen LogP contribution in [0.15, 0.2) is 21.0 Å². The Labute approximate surface area is 118 Å². The molecule has 2 aromatic rings. The Morgan fingerprint density at radius 1 is 1.25 bits per heavy atom. The highest BCUT2D eigenvalue weighted by atomic mass is 16.5. The number of hydrogen-bond donors (Lipinski definition) is 0. The Morgan fingerprint density at radius 2 is 2.15 bits per heavy atom. The van der Waals surface area contributed by atoms with Gasteiger partial charge in [0.2, 0.25) is 5.89 Å². The second-order valence-corrected chi connectivity index (χ2v) is 5.62. The van der Waals surface area contributed by atoms with Gasteiger partial charge in [0.25, 0.3) is 5.89 Å². The first kappa shape index (κ1) is 13.4. The summed E-state index contributed by atoms with van der Waals surface area (Å²) >= 11 is 0. The highest BCUT2D eigenvalue weighted by Gasteiger charge is 2.20. The van der Waals surface area contributed by atoms with E-state index < -0.39 is 0 Å². The highest BCUT2D eigenvalue weighted by Crippen LogP contribution is 2.26. The molecular weight excluding hydrogens is 256 g/mol. The van der Waals surface area contributed by atoms with E-state index in [9.17, 15) is 0 Å². The van der Waals surface area contributed by atoms with Gasteiger partial charge < -0.3 is 13.6 Å². The minimum Gasteiger partial charge on any atom is -0.456 e. The fourth-order valence-electron chi connectivity index (χ4n) is 2.68. The molecule has 0 aliphatic heterocycles. The van der Waals surface area contributed by atoms with Crippen LogP contribution < -0.4 is 0 Å². The molecule has 0 saturated heterocycles. The van der Waals surface area contributed by atoms with Crippen LogP contribution in [0.4, 0.5) is 0 Å². The first-order valence-electron chi connectivity index (χ1n) is 7.21. The van der Waals surface area contributed by atoms with Crippen molar-refractivity contribution in [3.8, 4) is 11.7 Å². The van der Waals surface area contributed by atoms with Crippen LogP contribution in [0, 0.1) is 12.8 Å². The number of aromatic nitrogens is 2. The fourth-order valence-corrected chi connectivity index (χ4v) is 2.68. The molecule has 0 N–H and O–H groups in total. The van der Waals surface area contributed by atoms with Gasteiger partial charge in [-0.25, -0.2) is 0 Å². The molecule has 2 heterocycles. The lowest BCUT2D eigenvalue weighted by atomic mass is 9.89. The van der Waals surface area contributed by atoms with Crippen molar-refractivity contribution in [1.29, 1.82) is 0 Å². The number of aryl methyl sites for hydroxylation is 1. The van der Waals surface area contributed by atoms with E-state index in [2.05, 4.69) is 17.1 Å². The second-order valence-electron chi connectivity index (χ2n) is 5.62. The molecule has 20 heavy (non-hydrogen) atoms. The maximum atomic E-state index is 5.87. The zero-order valence-electron chi connectivity index (χ0n) is 12.0. The number of furan rings is 1. The van der Waals surface area contributed by atoms with Crippen LogP contribution in [0.2, 0.25) is 0 Å². The van der Waals surface area contributed by atoms with E-state index in [0.29, 0.717) is 30.3 Å². The molecule has 1 fully saturated rings. The summed E-state index contributed by atoms with van der Waals surface area (Å²) < 4.78 is 16.9. The van der Waals surface area contributed by atoms with Crippen LogP contribution in [0.5, 0.6) is 0 Å². The number of hydrogen-bond acceptors (Lipinski definition) is 5. The summed E-state index contributed by atoms with van der Waals surface area (Å²) in [5.74, 6) is 3.10. The zero-order chi connectivity index (χ0) is 13.9. The summed E-state index contributed by atoms with van der Waals surface area (Å²) in [4.78, 5) is 0. The lowest BCUT2D eigenvalue weighted by Gasteiger charge is -2.26. The van der Waals surface area contributed by atoms with Gasteiger partial charge in [-0.15, -0.1) is 10.2 Å². The molecule has 2 aromatic heterocycles. The smallest absolute Gasteiger partial charge is 0.283 e. The largest absolute Gasteiger partial charge is 0.456 e. The van der Waals surface area contributed by atoms with E-state index in [-0.39, 0.29) is 0 Å². The normalized spacial score (nSPS) is 23.1. The Hall–Kier alpha value is -1.62. The molecule has 0 radical (unpaired) electrons. The summed E-state index contributed by atoms with van der Waals surface area (Å²) in [7, 11) is 0. The Kier molecular flexibility index (Phi) is 3.87. The topological polar surface area (TPSA) is 61.3 Å². The summed E-state index contributed by atoms with van der Waals surface area (Å²) in [6, 6.07) is 3.70. The van der Waals surface area contributed by atoms with Gasteiger partial charge in [0.05, 0.1) is 6.10 Å². The van der Waals surface area contributed by atoms with E-state index in [0.717, 1.165) is 24.5 Å². The Balaban J connectivity index is 1.57. The SMILES string of the molecule is Cc1ccc(-c2nnc(CO[C@H]3CCC[C@@H](C)C3)o2)o1. The van der Waals surface area contributed by atoms with Gasteiger partial charge in [0.1, 0.15) is 12.4 Å². The fraction of sp³-hybridized carbons (Fsp3) is 0.600. The van der Waals surface area contributed by atoms with Crippen molar-refractivity contribution in [3.63, 3.8) is 0 Å². The Morgan fingerprint density at radius 3 is 2.90 bits per heavy atom. The molecule has 2 atom stereocenters. The molecule has 5 nitrogen and oxygen atoms in total. The lowest BCUT2D eigenvalue weighted by molar-refractivity contribution is -0.00447. The van der Waals surface area contributed by atoms with Crippen LogP contribution in [-0.2, 0) is 11.3 Å². The third-order valence-electron chi connectivity index (χ3n) is 3.75. The molecule has 5 heteroatoms. The van der Waals surface area contributed by atoms with Gasteiger partial charge in [-0.1, -0.05) is 19.8 Å². The first-order chi connectivity index (χ1) is 9.70. The maximum absolute atomic E-state index is 5.87. The Bertz CT molecular complexity index is 561. The summed E-state index contributed by atoms with van der Waals surface area (Å²) in [5, 5.41) is 7.99. The summed E-state index contributed by atoms with van der Waals surface area (Å²) in [6.07, 6.45) is 5.12. The van der Waals surface area contributed by atoms with E-state index >= 15 is 0 Å². The minimum atomic E-state index is 0.319. The van der Waals surface area contributed by atoms with Crippen LogP contribution >= 0.6 is 0 Å². The van der Waals surface area contributed by atoms with Gasteiger partial charge in [-0.2, -0.15) is 0 Å². The molecule has 108 valence electrons. The van der Waals surface area contributed by atoms with Crippen LogP contribution in [0.1, 0.15) is 44.3 Å². The predicted octanol–water partition coefficient (Wildman–Crippen LogP) is 3.73. The van der Waals surface area contributed by atoms with Crippen molar-refractivity contribution >= 4 is 0 Å². The van der Waals surface area contributed by atoms with Crippen molar-refractivity contribution in [3.05, 3.63) is 23.8 Å². The van der Waals surface area contributed by atoms with Gasteiger partial charge in [-0.05, 0) is 37.8 Å². The first-order valence-corrected chi connectivity index (χ1v) is 7.21. The molecule has 0 unspecified atom stereocenters. The maximum Gasteiger partial charge on any atom is 0.283 e. The molecule has 0 amide bonds. The van der Waals surface area contributed by atoms with E-state index in [1.54, 1.807) is 0 Å². The number of nitrogens with zero attached hydrogens (tertiary/aromatic N) is 2. The molecule has 1 aliphatic rings. The van der Waals surface area contributed by atoms with E-state index in [4.69, 9.17) is 13.6 Å². The molecule has 0 spiro atoms. The van der Waals surface area contributed by atoms with Crippen molar-refractivity contribution in [2.45, 2.75) is 52.2 Å². The number of ether oxygens (including phenoxy) is 1. The van der Waals surface area contributed by atoms with Crippen LogP contribution in [0.3, 0.4) is 0 Å². The third-order valence-corrected chi connectivity index (χ3v) is 3.75. The zero-order valence-corrected chi connectivity index (χ0v) is 12.0. The van der Waals surface area contributed by atoms with Crippen molar-refractivity contribution in [2.75, 3.05) is 0 Å². The quantitative estimate of drug-likeness (QED) is 0.851. The van der Waals surface area contributed by atoms with Gasteiger partial charge in [0, 0.05) is 0 Å². The van der Waals surface area contributed by atoms with Crippen LogP contribution in [-0.4, -0.2) is 16.3 Å². The highest BCUT2D eigenvalue weighted by molar-refractivity contribution is 5.43. The average Bonchev–Trinajstić information content (AvgIpc) is 3.05. The monoisotopic (exact) mass is 276 g/mol. The molecule has 1 saturated carbocycles. The third kappa shape index (κ3) is 3.10. The minimum absolute atomic E-state index is 0.319. The molecular formula is C15H20N2O3. The molecule has 0 bridgehead atoms. The predicted molar refractivity (Wildman–Crippen MR) is 72.9 cm³/mol. The molecule has 1 aliphatic carbocycles. The number of rotatable bonds is 4. The summed E-state index contributed by atoms with van der Waals surface area (Å²) in [5.41, 5.74) is 0. The van der Waals surface area contributed by atoms with Gasteiger partial charge in [-0.3, -0.25) is 0 Å².